The highest BCUT2D eigenvalue weighted by atomic mass is 32.1. The van der Waals surface area contributed by atoms with Crippen molar-refractivity contribution < 1.29 is 4.79 Å². The van der Waals surface area contributed by atoms with E-state index < -0.39 is 0 Å². The van der Waals surface area contributed by atoms with Crippen LogP contribution in [0, 0.1) is 17.2 Å². The minimum atomic E-state index is 0.0230. The number of nitrogens with one attached hydrogen (secondary N) is 1. The lowest BCUT2D eigenvalue weighted by Gasteiger charge is -2.30. The fourth-order valence-corrected chi connectivity index (χ4v) is 5.18. The van der Waals surface area contributed by atoms with Crippen LogP contribution in [0.25, 0.3) is 0 Å². The summed E-state index contributed by atoms with van der Waals surface area (Å²) in [6, 6.07) is 2.35. The molecule has 1 aliphatic carbocycles. The summed E-state index contributed by atoms with van der Waals surface area (Å²) in [5, 5.41) is 13.4. The van der Waals surface area contributed by atoms with Gasteiger partial charge in [0.25, 0.3) is 0 Å². The van der Waals surface area contributed by atoms with E-state index in [-0.39, 0.29) is 5.91 Å². The molecule has 4 nitrogen and oxygen atoms in total. The molecule has 1 unspecified atom stereocenters. The molecule has 2 aliphatic rings. The standard InChI is InChI=1S/C19H27N3OS/c1-14-7-6-10-22(12-14)13-18(23)21-19-16(11-20)15-8-4-2-3-5-9-17(15)24-19/h14H,2-10,12-13H2,1H3,(H,21,23). The number of hydrogen-bond donors (Lipinski definition) is 1. The molecule has 1 aromatic rings. The topological polar surface area (TPSA) is 56.1 Å². The van der Waals surface area contributed by atoms with Crippen molar-refractivity contribution in [2.45, 2.75) is 58.3 Å². The van der Waals surface area contributed by atoms with Crippen LogP contribution in [0.4, 0.5) is 5.00 Å². The van der Waals surface area contributed by atoms with Crippen LogP contribution >= 0.6 is 11.3 Å². The Bertz CT molecular complexity index is 631. The smallest absolute Gasteiger partial charge is 0.239 e. The Hall–Kier alpha value is -1.38. The van der Waals surface area contributed by atoms with Crippen molar-refractivity contribution in [3.63, 3.8) is 0 Å². The molecule has 1 aliphatic heterocycles. The van der Waals surface area contributed by atoms with Gasteiger partial charge in [-0.15, -0.1) is 11.3 Å². The number of thiophene rings is 1. The molecule has 0 bridgehead atoms. The number of nitrogens with zero attached hydrogens (tertiary/aromatic N) is 2. The maximum Gasteiger partial charge on any atom is 0.239 e. The van der Waals surface area contributed by atoms with E-state index in [2.05, 4.69) is 23.2 Å². The summed E-state index contributed by atoms with van der Waals surface area (Å²) in [4.78, 5) is 16.0. The van der Waals surface area contributed by atoms with Crippen LogP contribution in [-0.4, -0.2) is 30.4 Å². The van der Waals surface area contributed by atoms with Crippen LogP contribution in [0.5, 0.6) is 0 Å². The molecule has 24 heavy (non-hydrogen) atoms. The van der Waals surface area contributed by atoms with E-state index in [0.717, 1.165) is 42.9 Å². The summed E-state index contributed by atoms with van der Waals surface area (Å²) in [7, 11) is 0. The number of likely N-dealkylation sites (tertiary alicyclic amines) is 1. The Morgan fingerprint density at radius 2 is 2.08 bits per heavy atom. The fourth-order valence-electron chi connectivity index (χ4n) is 3.93. The third kappa shape index (κ3) is 4.17. The zero-order chi connectivity index (χ0) is 16.9. The van der Waals surface area contributed by atoms with Gasteiger partial charge in [0.1, 0.15) is 11.1 Å². The first-order valence-electron chi connectivity index (χ1n) is 9.24. The van der Waals surface area contributed by atoms with Crippen molar-refractivity contribution in [1.82, 2.24) is 4.90 Å². The molecule has 0 aromatic carbocycles. The number of aryl methyl sites for hydroxylation is 1. The second-order valence-electron chi connectivity index (χ2n) is 7.26. The van der Waals surface area contributed by atoms with Gasteiger partial charge in [0.05, 0.1) is 12.1 Å². The molecular weight excluding hydrogens is 318 g/mol. The van der Waals surface area contributed by atoms with Gasteiger partial charge in [-0.2, -0.15) is 5.26 Å². The first-order valence-corrected chi connectivity index (χ1v) is 10.1. The molecular formula is C19H27N3OS. The molecule has 0 saturated carbocycles. The van der Waals surface area contributed by atoms with E-state index in [4.69, 9.17) is 0 Å². The second kappa shape index (κ2) is 8.13. The molecule has 1 atom stereocenters. The summed E-state index contributed by atoms with van der Waals surface area (Å²) in [6.07, 6.45) is 9.32. The highest BCUT2D eigenvalue weighted by Gasteiger charge is 2.22. The Kier molecular flexibility index (Phi) is 5.91. The molecule has 3 rings (SSSR count). The highest BCUT2D eigenvalue weighted by molar-refractivity contribution is 7.16. The van der Waals surface area contributed by atoms with Gasteiger partial charge in [-0.05, 0) is 56.6 Å². The van der Waals surface area contributed by atoms with Crippen molar-refractivity contribution in [2.75, 3.05) is 25.0 Å². The van der Waals surface area contributed by atoms with Gasteiger partial charge >= 0.3 is 0 Å². The fraction of sp³-hybridized carbons (Fsp3) is 0.684. The first-order chi connectivity index (χ1) is 11.7. The number of carbonyl (C=O) groups is 1. The quantitative estimate of drug-likeness (QED) is 0.902. The van der Waals surface area contributed by atoms with E-state index in [1.807, 2.05) is 0 Å². The second-order valence-corrected chi connectivity index (χ2v) is 8.37. The minimum absolute atomic E-state index is 0.0230. The number of amides is 1. The Balaban J connectivity index is 1.69. The number of anilines is 1. The van der Waals surface area contributed by atoms with Crippen molar-refractivity contribution in [3.05, 3.63) is 16.0 Å². The average molecular weight is 346 g/mol. The van der Waals surface area contributed by atoms with Gasteiger partial charge in [0.2, 0.25) is 5.91 Å². The molecule has 0 spiro atoms. The van der Waals surface area contributed by atoms with E-state index >= 15 is 0 Å². The SMILES string of the molecule is CC1CCCN(CC(=O)Nc2sc3c(c2C#N)CCCCCC3)C1. The van der Waals surface area contributed by atoms with Gasteiger partial charge in [0, 0.05) is 11.4 Å². The lowest BCUT2D eigenvalue weighted by atomic mass is 9.97. The predicted octanol–water partition coefficient (Wildman–Crippen LogP) is 3.95. The third-order valence-electron chi connectivity index (χ3n) is 5.14. The molecule has 1 aromatic heterocycles. The minimum Gasteiger partial charge on any atom is -0.315 e. The first kappa shape index (κ1) is 17.4. The van der Waals surface area contributed by atoms with Crippen molar-refractivity contribution in [1.29, 1.82) is 5.26 Å². The number of rotatable bonds is 3. The number of nitriles is 1. The number of hydrogen-bond acceptors (Lipinski definition) is 4. The summed E-state index contributed by atoms with van der Waals surface area (Å²) in [6.45, 7) is 4.69. The van der Waals surface area contributed by atoms with Crippen LogP contribution in [0.15, 0.2) is 0 Å². The molecule has 1 amide bonds. The Morgan fingerprint density at radius 1 is 1.29 bits per heavy atom. The maximum atomic E-state index is 12.4. The summed E-state index contributed by atoms with van der Waals surface area (Å²) < 4.78 is 0. The van der Waals surface area contributed by atoms with E-state index in [1.54, 1.807) is 11.3 Å². The summed E-state index contributed by atoms with van der Waals surface area (Å²) in [5.74, 6) is 0.692. The lowest BCUT2D eigenvalue weighted by molar-refractivity contribution is -0.117. The number of carbonyl (C=O) groups excluding carboxylic acids is 1. The van der Waals surface area contributed by atoms with E-state index in [1.165, 1.54) is 42.5 Å². The number of piperidine rings is 1. The number of fused-ring (bicyclic) bond motifs is 1. The van der Waals surface area contributed by atoms with Gasteiger partial charge in [-0.25, -0.2) is 0 Å². The van der Waals surface area contributed by atoms with Crippen LogP contribution in [0.3, 0.4) is 0 Å². The predicted molar refractivity (Wildman–Crippen MR) is 98.4 cm³/mol. The largest absolute Gasteiger partial charge is 0.315 e. The summed E-state index contributed by atoms with van der Waals surface area (Å²) >= 11 is 1.63. The van der Waals surface area contributed by atoms with Crippen LogP contribution in [0.2, 0.25) is 0 Å². The van der Waals surface area contributed by atoms with E-state index in [9.17, 15) is 10.1 Å². The zero-order valence-corrected chi connectivity index (χ0v) is 15.4. The lowest BCUT2D eigenvalue weighted by Crippen LogP contribution is -2.39. The molecule has 1 N–H and O–H groups in total. The van der Waals surface area contributed by atoms with Gasteiger partial charge < -0.3 is 5.32 Å². The van der Waals surface area contributed by atoms with Crippen LogP contribution in [-0.2, 0) is 17.6 Å². The van der Waals surface area contributed by atoms with Gasteiger partial charge in [-0.1, -0.05) is 19.8 Å². The Labute approximate surface area is 148 Å². The average Bonchev–Trinajstić information content (AvgIpc) is 2.83. The molecule has 5 heteroatoms. The molecule has 0 radical (unpaired) electrons. The normalized spacial score (nSPS) is 22.1. The Morgan fingerprint density at radius 3 is 2.83 bits per heavy atom. The molecule has 2 heterocycles. The highest BCUT2D eigenvalue weighted by Crippen LogP contribution is 2.36. The monoisotopic (exact) mass is 345 g/mol. The van der Waals surface area contributed by atoms with Crippen LogP contribution in [0.1, 0.15) is 61.5 Å². The van der Waals surface area contributed by atoms with Crippen molar-refractivity contribution >= 4 is 22.2 Å². The van der Waals surface area contributed by atoms with Gasteiger partial charge in [-0.3, -0.25) is 9.69 Å². The molecule has 1 saturated heterocycles. The van der Waals surface area contributed by atoms with Crippen LogP contribution < -0.4 is 5.32 Å². The third-order valence-corrected chi connectivity index (χ3v) is 6.35. The van der Waals surface area contributed by atoms with Crippen molar-refractivity contribution in [3.8, 4) is 6.07 Å². The summed E-state index contributed by atoms with van der Waals surface area (Å²) in [5.41, 5.74) is 1.92. The van der Waals surface area contributed by atoms with E-state index in [0.29, 0.717) is 12.5 Å². The zero-order valence-electron chi connectivity index (χ0n) is 14.6. The molecule has 130 valence electrons. The van der Waals surface area contributed by atoms with Crippen molar-refractivity contribution in [2.24, 2.45) is 5.92 Å². The maximum absolute atomic E-state index is 12.4. The van der Waals surface area contributed by atoms with Gasteiger partial charge in [0.15, 0.2) is 0 Å². The molecule has 1 fully saturated rings.